The number of hydrogen-bond donors (Lipinski definition) is 0. The molecule has 1 nitrogen and oxygen atoms in total. The predicted octanol–water partition coefficient (Wildman–Crippen LogP) is 4.67. The lowest BCUT2D eigenvalue weighted by molar-refractivity contribution is 0.627. The van der Waals surface area contributed by atoms with E-state index in [1.54, 1.807) is 18.3 Å². The molecule has 0 spiro atoms. The molecule has 0 aliphatic rings. The molecule has 0 saturated heterocycles. The summed E-state index contributed by atoms with van der Waals surface area (Å²) in [6.45, 7) is 0. The monoisotopic (exact) mass is 275 g/mol. The van der Waals surface area contributed by atoms with Crippen LogP contribution in [0, 0.1) is 5.82 Å². The Labute approximate surface area is 117 Å². The van der Waals surface area contributed by atoms with E-state index in [0.717, 1.165) is 29.7 Å². The largest absolute Gasteiger partial charge is 0.256 e. The van der Waals surface area contributed by atoms with E-state index in [-0.39, 0.29) is 5.82 Å². The summed E-state index contributed by atoms with van der Waals surface area (Å²) in [6, 6.07) is 12.3. The minimum Gasteiger partial charge on any atom is -0.256 e. The number of alkyl halides is 1. The summed E-state index contributed by atoms with van der Waals surface area (Å²) < 4.78 is 13.0. The zero-order valence-corrected chi connectivity index (χ0v) is 11.3. The number of hydrogen-bond acceptors (Lipinski definition) is 1. The van der Waals surface area contributed by atoms with Gasteiger partial charge in [0.1, 0.15) is 5.82 Å². The minimum atomic E-state index is -0.232. The molecule has 0 aliphatic heterocycles. The van der Waals surface area contributed by atoms with Crippen molar-refractivity contribution in [2.24, 2.45) is 0 Å². The molecule has 98 valence electrons. The molecule has 2 aromatic rings. The van der Waals surface area contributed by atoms with Crippen molar-refractivity contribution in [1.82, 2.24) is 4.98 Å². The maximum absolute atomic E-state index is 13.0. The van der Waals surface area contributed by atoms with Crippen molar-refractivity contribution in [3.8, 4) is 0 Å². The van der Waals surface area contributed by atoms with Crippen LogP contribution in [0.25, 0.3) is 5.57 Å². The molecule has 1 aromatic heterocycles. The highest BCUT2D eigenvalue weighted by Gasteiger charge is 2.05. The summed E-state index contributed by atoms with van der Waals surface area (Å²) in [4.78, 5) is 4.36. The van der Waals surface area contributed by atoms with Crippen molar-refractivity contribution in [3.63, 3.8) is 0 Å². The summed E-state index contributed by atoms with van der Waals surface area (Å²) >= 11 is 5.70. The third-order valence-electron chi connectivity index (χ3n) is 2.78. The van der Waals surface area contributed by atoms with Crippen LogP contribution < -0.4 is 0 Å². The van der Waals surface area contributed by atoms with Gasteiger partial charge in [-0.15, -0.1) is 11.6 Å². The first-order valence-electron chi connectivity index (χ1n) is 6.25. The van der Waals surface area contributed by atoms with E-state index >= 15 is 0 Å². The fourth-order valence-electron chi connectivity index (χ4n) is 1.85. The Morgan fingerprint density at radius 2 is 1.95 bits per heavy atom. The number of nitrogens with zero attached hydrogens (tertiary/aromatic N) is 1. The van der Waals surface area contributed by atoms with Gasteiger partial charge in [0.2, 0.25) is 0 Å². The van der Waals surface area contributed by atoms with Gasteiger partial charge in [-0.2, -0.15) is 0 Å². The normalized spacial score (nSPS) is 11.6. The molecule has 1 aromatic carbocycles. The van der Waals surface area contributed by atoms with Crippen LogP contribution in [0.5, 0.6) is 0 Å². The molecule has 0 aliphatic carbocycles. The van der Waals surface area contributed by atoms with E-state index in [2.05, 4.69) is 11.1 Å². The Morgan fingerprint density at radius 3 is 2.58 bits per heavy atom. The third-order valence-corrected chi connectivity index (χ3v) is 3.05. The van der Waals surface area contributed by atoms with E-state index in [0.29, 0.717) is 5.88 Å². The van der Waals surface area contributed by atoms with Crippen molar-refractivity contribution in [2.75, 3.05) is 5.88 Å². The predicted molar refractivity (Wildman–Crippen MR) is 77.7 cm³/mol. The van der Waals surface area contributed by atoms with Crippen LogP contribution >= 0.6 is 11.6 Å². The average Bonchev–Trinajstić information content (AvgIpc) is 2.46. The molecule has 0 unspecified atom stereocenters. The zero-order valence-electron chi connectivity index (χ0n) is 10.5. The second-order valence-electron chi connectivity index (χ2n) is 4.17. The van der Waals surface area contributed by atoms with E-state index in [4.69, 9.17) is 11.6 Å². The maximum atomic E-state index is 13.0. The Hall–Kier alpha value is -1.67. The molecular weight excluding hydrogens is 261 g/mol. The first-order chi connectivity index (χ1) is 9.31. The summed E-state index contributed by atoms with van der Waals surface area (Å²) in [5.41, 5.74) is 2.88. The second-order valence-corrected chi connectivity index (χ2v) is 4.55. The number of allylic oxidation sites excluding steroid dienone is 1. The molecule has 0 radical (unpaired) electrons. The number of unbranched alkanes of at least 4 members (excludes halogenated alkanes) is 1. The minimum absolute atomic E-state index is 0.232. The number of benzene rings is 1. The highest BCUT2D eigenvalue weighted by Crippen LogP contribution is 2.22. The average molecular weight is 276 g/mol. The second kappa shape index (κ2) is 7.05. The van der Waals surface area contributed by atoms with Gasteiger partial charge in [-0.3, -0.25) is 4.98 Å². The van der Waals surface area contributed by atoms with Crippen molar-refractivity contribution in [3.05, 3.63) is 71.8 Å². The van der Waals surface area contributed by atoms with Crippen LogP contribution in [-0.4, -0.2) is 10.9 Å². The quantitative estimate of drug-likeness (QED) is 0.571. The fourth-order valence-corrected chi connectivity index (χ4v) is 2.00. The van der Waals surface area contributed by atoms with Crippen molar-refractivity contribution < 1.29 is 4.39 Å². The Bertz CT molecular complexity index is 534. The fraction of sp³-hybridized carbons (Fsp3) is 0.188. The van der Waals surface area contributed by atoms with Gasteiger partial charge in [-0.05, 0) is 42.7 Å². The third kappa shape index (κ3) is 3.90. The Kier molecular flexibility index (Phi) is 5.10. The molecule has 2 rings (SSSR count). The molecule has 0 amide bonds. The standard InChI is InChI=1S/C16H15ClFN/c17-11-3-1-5-15(16-6-2-4-12-19-16)13-7-9-14(18)10-8-13/h2,4-10,12H,1,3,11H2. The Balaban J connectivity index is 2.34. The smallest absolute Gasteiger partial charge is 0.123 e. The SMILES string of the molecule is Fc1ccc(C(=CCCCCl)c2ccccn2)cc1. The van der Waals surface area contributed by atoms with Gasteiger partial charge in [-0.1, -0.05) is 24.3 Å². The topological polar surface area (TPSA) is 12.9 Å². The van der Waals surface area contributed by atoms with E-state index in [1.165, 1.54) is 12.1 Å². The molecule has 0 N–H and O–H groups in total. The number of aromatic nitrogens is 1. The van der Waals surface area contributed by atoms with E-state index < -0.39 is 0 Å². The summed E-state index contributed by atoms with van der Waals surface area (Å²) in [6.07, 6.45) is 5.66. The van der Waals surface area contributed by atoms with Gasteiger partial charge in [0.25, 0.3) is 0 Å². The van der Waals surface area contributed by atoms with Crippen LogP contribution in [0.2, 0.25) is 0 Å². The van der Waals surface area contributed by atoms with Gasteiger partial charge >= 0.3 is 0 Å². The summed E-state index contributed by atoms with van der Waals surface area (Å²) in [7, 11) is 0. The van der Waals surface area contributed by atoms with Crippen LogP contribution in [0.1, 0.15) is 24.1 Å². The number of rotatable bonds is 5. The molecular formula is C16H15ClFN. The molecule has 1 heterocycles. The Morgan fingerprint density at radius 1 is 1.16 bits per heavy atom. The van der Waals surface area contributed by atoms with E-state index in [9.17, 15) is 4.39 Å². The van der Waals surface area contributed by atoms with Gasteiger partial charge in [-0.25, -0.2) is 4.39 Å². The van der Waals surface area contributed by atoms with Gasteiger partial charge in [0.05, 0.1) is 5.69 Å². The van der Waals surface area contributed by atoms with Crippen LogP contribution in [0.4, 0.5) is 4.39 Å². The lowest BCUT2D eigenvalue weighted by atomic mass is 10.0. The van der Waals surface area contributed by atoms with Crippen LogP contribution in [-0.2, 0) is 0 Å². The van der Waals surface area contributed by atoms with Crippen LogP contribution in [0.15, 0.2) is 54.7 Å². The number of halogens is 2. The van der Waals surface area contributed by atoms with Crippen LogP contribution in [0.3, 0.4) is 0 Å². The summed E-state index contributed by atoms with van der Waals surface area (Å²) in [5.74, 6) is 0.403. The zero-order chi connectivity index (χ0) is 13.5. The van der Waals surface area contributed by atoms with E-state index in [1.807, 2.05) is 18.2 Å². The van der Waals surface area contributed by atoms with Crippen molar-refractivity contribution in [1.29, 1.82) is 0 Å². The highest BCUT2D eigenvalue weighted by molar-refractivity contribution is 6.17. The maximum Gasteiger partial charge on any atom is 0.123 e. The van der Waals surface area contributed by atoms with Gasteiger partial charge in [0.15, 0.2) is 0 Å². The first-order valence-corrected chi connectivity index (χ1v) is 6.78. The number of pyridine rings is 1. The first kappa shape index (κ1) is 13.8. The lowest BCUT2D eigenvalue weighted by Crippen LogP contribution is -1.92. The molecule has 0 atom stereocenters. The molecule has 19 heavy (non-hydrogen) atoms. The lowest BCUT2D eigenvalue weighted by Gasteiger charge is -2.07. The highest BCUT2D eigenvalue weighted by atomic mass is 35.5. The van der Waals surface area contributed by atoms with Gasteiger partial charge < -0.3 is 0 Å². The molecule has 3 heteroatoms. The summed E-state index contributed by atoms with van der Waals surface area (Å²) in [5, 5.41) is 0. The van der Waals surface area contributed by atoms with Crippen molar-refractivity contribution >= 4 is 17.2 Å². The molecule has 0 fully saturated rings. The molecule has 0 saturated carbocycles. The molecule has 0 bridgehead atoms. The van der Waals surface area contributed by atoms with Crippen molar-refractivity contribution in [2.45, 2.75) is 12.8 Å². The van der Waals surface area contributed by atoms with Gasteiger partial charge in [0, 0.05) is 17.6 Å².